The van der Waals surface area contributed by atoms with Crippen molar-refractivity contribution >= 4 is 49.7 Å². The second-order valence-corrected chi connectivity index (χ2v) is 10.0. The van der Waals surface area contributed by atoms with Gasteiger partial charge in [-0.1, -0.05) is 16.7 Å². The molecule has 0 saturated carbocycles. The molecular weight excluding hydrogens is 481 g/mol. The summed E-state index contributed by atoms with van der Waals surface area (Å²) >= 11 is 6.05. The highest BCUT2D eigenvalue weighted by Crippen LogP contribution is 2.28. The van der Waals surface area contributed by atoms with E-state index >= 15 is 0 Å². The molecule has 2 aromatic heterocycles. The number of hydrogen-bond donors (Lipinski definition) is 1. The van der Waals surface area contributed by atoms with E-state index in [0.717, 1.165) is 22.3 Å². The Balaban J connectivity index is 1.29. The number of nitrogens with one attached hydrogen (secondary N) is 1. The van der Waals surface area contributed by atoms with Gasteiger partial charge in [0, 0.05) is 54.2 Å². The molecule has 1 fully saturated rings. The summed E-state index contributed by atoms with van der Waals surface area (Å²) < 4.78 is 40.9. The van der Waals surface area contributed by atoms with Crippen LogP contribution in [0.1, 0.15) is 0 Å². The zero-order valence-electron chi connectivity index (χ0n) is 17.8. The summed E-state index contributed by atoms with van der Waals surface area (Å²) in [5.41, 5.74) is 2.34. The van der Waals surface area contributed by atoms with Crippen LogP contribution >= 0.6 is 11.6 Å². The fraction of sp³-hybridized carbons (Fsp3) is 0.182. The van der Waals surface area contributed by atoms with Crippen LogP contribution < -0.4 is 10.2 Å². The molecule has 4 aromatic rings. The van der Waals surface area contributed by atoms with Crippen LogP contribution in [-0.4, -0.2) is 59.1 Å². The van der Waals surface area contributed by atoms with E-state index in [4.69, 9.17) is 11.6 Å². The first-order valence-corrected chi connectivity index (χ1v) is 12.2. The molecule has 0 spiro atoms. The Morgan fingerprint density at radius 3 is 2.50 bits per heavy atom. The first kappa shape index (κ1) is 22.4. The Bertz CT molecular complexity index is 1450. The zero-order valence-corrected chi connectivity index (χ0v) is 19.3. The largest absolute Gasteiger partial charge is 0.355 e. The topological polar surface area (TPSA) is 104 Å². The number of halogens is 2. The van der Waals surface area contributed by atoms with Gasteiger partial charge in [0.1, 0.15) is 0 Å². The molecule has 0 aliphatic carbocycles. The molecule has 3 heterocycles. The monoisotopic (exact) mass is 499 g/mol. The summed E-state index contributed by atoms with van der Waals surface area (Å²) in [5.74, 6) is 0.339. The number of piperazine rings is 1. The number of fused-ring (bicyclic) bond motifs is 1. The lowest BCUT2D eigenvalue weighted by Gasteiger charge is -2.34. The standard InChI is InChI=1S/C22H19ClFN7O2S/c23-15-1-6-18-19(7-8-25-20(18)13-15)27-16-2-4-17(5-3-16)34(32,33)31-11-9-30(10-12-31)21-14-26-29-22(24)28-21/h1-8,13-14H,9-12H2,(H,25,27). The van der Waals surface area contributed by atoms with Gasteiger partial charge in [-0.05, 0) is 48.5 Å². The van der Waals surface area contributed by atoms with Gasteiger partial charge in [-0.3, -0.25) is 4.98 Å². The molecule has 5 rings (SSSR count). The molecule has 1 saturated heterocycles. The Morgan fingerprint density at radius 2 is 1.76 bits per heavy atom. The van der Waals surface area contributed by atoms with Gasteiger partial charge in [-0.2, -0.15) is 18.8 Å². The first-order valence-electron chi connectivity index (χ1n) is 10.4. The van der Waals surface area contributed by atoms with Crippen molar-refractivity contribution in [2.75, 3.05) is 36.4 Å². The van der Waals surface area contributed by atoms with E-state index in [9.17, 15) is 12.8 Å². The third-order valence-electron chi connectivity index (χ3n) is 5.56. The zero-order chi connectivity index (χ0) is 23.7. The van der Waals surface area contributed by atoms with Crippen molar-refractivity contribution in [2.45, 2.75) is 4.90 Å². The van der Waals surface area contributed by atoms with Gasteiger partial charge >= 0.3 is 6.08 Å². The predicted octanol–water partition coefficient (Wildman–Crippen LogP) is 3.47. The molecule has 12 heteroatoms. The molecule has 9 nitrogen and oxygen atoms in total. The molecule has 1 aliphatic heterocycles. The maximum Gasteiger partial charge on any atom is 0.329 e. The van der Waals surface area contributed by atoms with E-state index in [2.05, 4.69) is 25.5 Å². The Morgan fingerprint density at radius 1 is 1.00 bits per heavy atom. The van der Waals surface area contributed by atoms with E-state index in [1.807, 2.05) is 12.1 Å². The van der Waals surface area contributed by atoms with Gasteiger partial charge in [0.2, 0.25) is 10.0 Å². The molecule has 2 aromatic carbocycles. The fourth-order valence-corrected chi connectivity index (χ4v) is 5.42. The Hall–Kier alpha value is -3.41. The molecule has 1 aliphatic rings. The van der Waals surface area contributed by atoms with E-state index in [1.54, 1.807) is 47.5 Å². The number of rotatable bonds is 5. The number of anilines is 3. The minimum Gasteiger partial charge on any atom is -0.355 e. The Kier molecular flexibility index (Phi) is 5.98. The summed E-state index contributed by atoms with van der Waals surface area (Å²) in [6.07, 6.45) is 2.13. The van der Waals surface area contributed by atoms with Crippen LogP contribution in [0.4, 0.5) is 21.6 Å². The molecular formula is C22H19ClFN7O2S. The number of hydrogen-bond acceptors (Lipinski definition) is 8. The van der Waals surface area contributed by atoms with Gasteiger partial charge in [0.05, 0.1) is 16.6 Å². The highest BCUT2D eigenvalue weighted by molar-refractivity contribution is 7.89. The summed E-state index contributed by atoms with van der Waals surface area (Å²) in [6, 6.07) is 13.9. The van der Waals surface area contributed by atoms with Crippen molar-refractivity contribution in [2.24, 2.45) is 0 Å². The van der Waals surface area contributed by atoms with E-state index in [-0.39, 0.29) is 18.0 Å². The average Bonchev–Trinajstić information content (AvgIpc) is 2.84. The lowest BCUT2D eigenvalue weighted by molar-refractivity contribution is 0.382. The summed E-state index contributed by atoms with van der Waals surface area (Å²) in [6.45, 7) is 1.24. The highest BCUT2D eigenvalue weighted by atomic mass is 35.5. The average molecular weight is 500 g/mol. The number of sulfonamides is 1. The van der Waals surface area contributed by atoms with Crippen LogP contribution in [0.5, 0.6) is 0 Å². The van der Waals surface area contributed by atoms with Gasteiger partial charge < -0.3 is 10.2 Å². The van der Waals surface area contributed by atoms with E-state index in [0.29, 0.717) is 23.9 Å². The molecule has 0 amide bonds. The lowest BCUT2D eigenvalue weighted by atomic mass is 10.2. The predicted molar refractivity (Wildman–Crippen MR) is 127 cm³/mol. The minimum atomic E-state index is -3.67. The van der Waals surface area contributed by atoms with Crippen molar-refractivity contribution in [3.8, 4) is 0 Å². The number of aromatic nitrogens is 4. The second kappa shape index (κ2) is 9.09. The highest BCUT2D eigenvalue weighted by Gasteiger charge is 2.29. The SMILES string of the molecule is O=S(=O)(c1ccc(Nc2ccnc3cc(Cl)ccc23)cc1)N1CCN(c2cnnc(F)n2)CC1. The van der Waals surface area contributed by atoms with Crippen LogP contribution in [0.3, 0.4) is 0 Å². The van der Waals surface area contributed by atoms with Crippen molar-refractivity contribution in [1.82, 2.24) is 24.5 Å². The molecule has 1 N–H and O–H groups in total. The maximum absolute atomic E-state index is 13.2. The van der Waals surface area contributed by atoms with E-state index < -0.39 is 16.1 Å². The van der Waals surface area contributed by atoms with E-state index in [1.165, 1.54) is 10.5 Å². The number of pyridine rings is 1. The van der Waals surface area contributed by atoms with Gasteiger partial charge in [0.15, 0.2) is 5.82 Å². The first-order chi connectivity index (χ1) is 16.4. The van der Waals surface area contributed by atoms with Gasteiger partial charge in [-0.15, -0.1) is 0 Å². The van der Waals surface area contributed by atoms with Crippen LogP contribution in [0.15, 0.2) is 65.8 Å². The van der Waals surface area contributed by atoms with Gasteiger partial charge in [-0.25, -0.2) is 8.42 Å². The molecule has 0 radical (unpaired) electrons. The summed E-state index contributed by atoms with van der Waals surface area (Å²) in [5, 5.41) is 11.6. The lowest BCUT2D eigenvalue weighted by Crippen LogP contribution is -2.49. The smallest absolute Gasteiger partial charge is 0.329 e. The summed E-state index contributed by atoms with van der Waals surface area (Å²) in [4.78, 5) is 10.0. The number of nitrogens with zero attached hydrogens (tertiary/aromatic N) is 6. The quantitative estimate of drug-likeness (QED) is 0.445. The van der Waals surface area contributed by atoms with Crippen molar-refractivity contribution < 1.29 is 12.8 Å². The normalized spacial score (nSPS) is 14.9. The summed E-state index contributed by atoms with van der Waals surface area (Å²) in [7, 11) is -3.67. The minimum absolute atomic E-state index is 0.201. The third kappa shape index (κ3) is 4.49. The third-order valence-corrected chi connectivity index (χ3v) is 7.71. The van der Waals surface area contributed by atoms with Crippen molar-refractivity contribution in [1.29, 1.82) is 0 Å². The molecule has 0 bridgehead atoms. The molecule has 0 atom stereocenters. The fourth-order valence-electron chi connectivity index (χ4n) is 3.83. The number of benzene rings is 2. The van der Waals surface area contributed by atoms with Crippen molar-refractivity contribution in [3.63, 3.8) is 0 Å². The molecule has 174 valence electrons. The van der Waals surface area contributed by atoms with Crippen LogP contribution in [0, 0.1) is 6.08 Å². The second-order valence-electron chi connectivity index (χ2n) is 7.64. The van der Waals surface area contributed by atoms with Crippen LogP contribution in [-0.2, 0) is 10.0 Å². The molecule has 0 unspecified atom stereocenters. The van der Waals surface area contributed by atoms with Gasteiger partial charge in [0.25, 0.3) is 0 Å². The molecule has 34 heavy (non-hydrogen) atoms. The maximum atomic E-state index is 13.2. The van der Waals surface area contributed by atoms with Crippen LogP contribution in [0.25, 0.3) is 10.9 Å². The van der Waals surface area contributed by atoms with Crippen LogP contribution in [0.2, 0.25) is 5.02 Å². The van der Waals surface area contributed by atoms with Crippen molar-refractivity contribution in [3.05, 3.63) is 72.0 Å². The Labute approximate surface area is 200 Å².